The Morgan fingerprint density at radius 1 is 1.44 bits per heavy atom. The molecule has 1 aromatic carbocycles. The predicted octanol–water partition coefficient (Wildman–Crippen LogP) is 2.42. The number of nitrogens with zero attached hydrogens (tertiary/aromatic N) is 3. The van der Waals surface area contributed by atoms with Gasteiger partial charge in [-0.1, -0.05) is 12.1 Å². The Morgan fingerprint density at radius 3 is 2.88 bits per heavy atom. The van der Waals surface area contributed by atoms with Gasteiger partial charge in [-0.2, -0.15) is 5.10 Å². The molecule has 1 saturated heterocycles. The summed E-state index contributed by atoms with van der Waals surface area (Å²) in [4.78, 5) is 24.7. The van der Waals surface area contributed by atoms with E-state index in [1.807, 2.05) is 24.3 Å². The van der Waals surface area contributed by atoms with Crippen molar-refractivity contribution in [1.82, 2.24) is 15.1 Å². The molecule has 0 saturated carbocycles. The van der Waals surface area contributed by atoms with E-state index in [2.05, 4.69) is 10.2 Å². The minimum Gasteiger partial charge on any atom is -0.497 e. The molecular weight excluding hydrogens is 324 g/mol. The van der Waals surface area contributed by atoms with E-state index >= 15 is 0 Å². The van der Waals surface area contributed by atoms with E-state index < -0.39 is 4.92 Å². The molecule has 0 aliphatic carbocycles. The predicted molar refractivity (Wildman–Crippen MR) is 90.6 cm³/mol. The van der Waals surface area contributed by atoms with E-state index in [1.54, 1.807) is 12.0 Å². The van der Waals surface area contributed by atoms with Crippen LogP contribution in [0.4, 0.5) is 5.69 Å². The summed E-state index contributed by atoms with van der Waals surface area (Å²) in [5.41, 5.74) is 0.866. The van der Waals surface area contributed by atoms with Gasteiger partial charge in [0.25, 0.3) is 5.91 Å². The number of hydrogen-bond donors (Lipinski definition) is 1. The highest BCUT2D eigenvalue weighted by atomic mass is 16.6. The molecule has 0 spiro atoms. The smallest absolute Gasteiger partial charge is 0.319 e. The first-order valence-corrected chi connectivity index (χ1v) is 8.18. The van der Waals surface area contributed by atoms with Crippen molar-refractivity contribution in [3.63, 3.8) is 0 Å². The molecule has 8 heteroatoms. The first-order chi connectivity index (χ1) is 12.1. The zero-order chi connectivity index (χ0) is 17.8. The van der Waals surface area contributed by atoms with Crippen molar-refractivity contribution in [2.75, 3.05) is 20.2 Å². The molecule has 1 aliphatic heterocycles. The molecule has 25 heavy (non-hydrogen) atoms. The fourth-order valence-electron chi connectivity index (χ4n) is 3.24. The van der Waals surface area contributed by atoms with Crippen LogP contribution >= 0.6 is 0 Å². The monoisotopic (exact) mass is 344 g/mol. The van der Waals surface area contributed by atoms with Gasteiger partial charge >= 0.3 is 5.69 Å². The van der Waals surface area contributed by atoms with Crippen LogP contribution in [0.3, 0.4) is 0 Å². The van der Waals surface area contributed by atoms with Crippen molar-refractivity contribution in [1.29, 1.82) is 0 Å². The number of rotatable bonds is 5. The highest BCUT2D eigenvalue weighted by Gasteiger charge is 2.30. The molecule has 3 rings (SSSR count). The normalized spacial score (nSPS) is 17.3. The number of amides is 1. The number of aromatic amines is 1. The van der Waals surface area contributed by atoms with Crippen molar-refractivity contribution >= 4 is 11.6 Å². The standard InChI is InChI=1S/C17H20N4O4/c1-25-14-6-4-12(5-7-14)9-13-3-2-8-20(11-13)17(22)16-15(21(23)24)10-18-19-16/h4-7,10,13H,2-3,8-9,11H2,1H3,(H,18,19). The van der Waals surface area contributed by atoms with Gasteiger partial charge in [0.2, 0.25) is 5.69 Å². The quantitative estimate of drug-likeness (QED) is 0.663. The molecular formula is C17H20N4O4. The van der Waals surface area contributed by atoms with E-state index in [0.29, 0.717) is 19.0 Å². The highest BCUT2D eigenvalue weighted by Crippen LogP contribution is 2.25. The lowest BCUT2D eigenvalue weighted by Gasteiger charge is -2.32. The molecule has 1 amide bonds. The molecule has 1 atom stereocenters. The van der Waals surface area contributed by atoms with Crippen LogP contribution in [0.2, 0.25) is 0 Å². The summed E-state index contributed by atoms with van der Waals surface area (Å²) >= 11 is 0. The largest absolute Gasteiger partial charge is 0.497 e. The van der Waals surface area contributed by atoms with Crippen molar-refractivity contribution < 1.29 is 14.5 Å². The first-order valence-electron chi connectivity index (χ1n) is 8.18. The number of nitrogens with one attached hydrogen (secondary N) is 1. The molecule has 1 aromatic heterocycles. The van der Waals surface area contributed by atoms with Crippen LogP contribution in [0.5, 0.6) is 5.75 Å². The average Bonchev–Trinajstić information content (AvgIpc) is 3.12. The average molecular weight is 344 g/mol. The van der Waals surface area contributed by atoms with Gasteiger partial charge in [-0.25, -0.2) is 0 Å². The van der Waals surface area contributed by atoms with Crippen LogP contribution < -0.4 is 4.74 Å². The molecule has 1 N–H and O–H groups in total. The van der Waals surface area contributed by atoms with Crippen molar-refractivity contribution in [2.24, 2.45) is 5.92 Å². The minimum absolute atomic E-state index is 0.0462. The Hall–Kier alpha value is -2.90. The van der Waals surface area contributed by atoms with Gasteiger partial charge in [0.1, 0.15) is 11.9 Å². The number of hydrogen-bond acceptors (Lipinski definition) is 5. The number of ether oxygens (including phenoxy) is 1. The van der Waals surface area contributed by atoms with E-state index in [1.165, 1.54) is 5.56 Å². The van der Waals surface area contributed by atoms with Crippen LogP contribution in [0.25, 0.3) is 0 Å². The zero-order valence-electron chi connectivity index (χ0n) is 14.0. The van der Waals surface area contributed by atoms with Crippen molar-refractivity contribution in [3.8, 4) is 5.75 Å². The number of H-pyrrole nitrogens is 1. The van der Waals surface area contributed by atoms with Gasteiger partial charge < -0.3 is 9.64 Å². The fraction of sp³-hybridized carbons (Fsp3) is 0.412. The maximum absolute atomic E-state index is 12.6. The van der Waals surface area contributed by atoms with E-state index in [0.717, 1.165) is 31.2 Å². The molecule has 8 nitrogen and oxygen atoms in total. The first kappa shape index (κ1) is 16.9. The van der Waals surface area contributed by atoms with Gasteiger partial charge in [-0.15, -0.1) is 0 Å². The Kier molecular flexibility index (Phi) is 4.97. The summed E-state index contributed by atoms with van der Waals surface area (Å²) in [5.74, 6) is 0.785. The molecule has 0 radical (unpaired) electrons. The Balaban J connectivity index is 1.66. The maximum atomic E-state index is 12.6. The van der Waals surface area contributed by atoms with Gasteiger partial charge in [-0.3, -0.25) is 20.0 Å². The molecule has 1 aliphatic rings. The van der Waals surface area contributed by atoms with Gasteiger partial charge in [0.15, 0.2) is 0 Å². The lowest BCUT2D eigenvalue weighted by Crippen LogP contribution is -2.40. The number of aromatic nitrogens is 2. The van der Waals surface area contributed by atoms with Crippen LogP contribution in [0, 0.1) is 16.0 Å². The second-order valence-corrected chi connectivity index (χ2v) is 6.20. The summed E-state index contributed by atoms with van der Waals surface area (Å²) in [6.07, 6.45) is 3.85. The number of carbonyl (C=O) groups excluding carboxylic acids is 1. The van der Waals surface area contributed by atoms with Crippen molar-refractivity contribution in [2.45, 2.75) is 19.3 Å². The summed E-state index contributed by atoms with van der Waals surface area (Å²) < 4.78 is 5.16. The van der Waals surface area contributed by atoms with E-state index in [4.69, 9.17) is 4.74 Å². The number of likely N-dealkylation sites (tertiary alicyclic amines) is 1. The maximum Gasteiger partial charge on any atom is 0.319 e. The highest BCUT2D eigenvalue weighted by molar-refractivity contribution is 5.96. The molecule has 1 fully saturated rings. The van der Waals surface area contributed by atoms with Crippen LogP contribution in [0.1, 0.15) is 28.9 Å². The van der Waals surface area contributed by atoms with Crippen LogP contribution in [0.15, 0.2) is 30.5 Å². The fourth-order valence-corrected chi connectivity index (χ4v) is 3.24. The summed E-state index contributed by atoms with van der Waals surface area (Å²) in [6.45, 7) is 1.19. The SMILES string of the molecule is COc1ccc(CC2CCCN(C(=O)c3[nH]ncc3[N+](=O)[O-])C2)cc1. The third kappa shape index (κ3) is 3.78. The summed E-state index contributed by atoms with van der Waals surface area (Å²) in [7, 11) is 1.63. The number of methoxy groups -OCH3 is 1. The van der Waals surface area contributed by atoms with Gasteiger partial charge in [0.05, 0.1) is 12.0 Å². The number of piperidine rings is 1. The van der Waals surface area contributed by atoms with E-state index in [9.17, 15) is 14.9 Å². The summed E-state index contributed by atoms with van der Waals surface area (Å²) in [5, 5.41) is 17.1. The lowest BCUT2D eigenvalue weighted by molar-refractivity contribution is -0.385. The number of benzene rings is 1. The number of carbonyl (C=O) groups is 1. The zero-order valence-corrected chi connectivity index (χ0v) is 14.0. The second kappa shape index (κ2) is 7.33. The molecule has 0 bridgehead atoms. The lowest BCUT2D eigenvalue weighted by atomic mass is 9.91. The van der Waals surface area contributed by atoms with Gasteiger partial charge in [-0.05, 0) is 42.9 Å². The number of nitro groups is 1. The third-order valence-electron chi connectivity index (χ3n) is 4.52. The Bertz CT molecular complexity index is 756. The Labute approximate surface area is 144 Å². The van der Waals surface area contributed by atoms with Crippen LogP contribution in [-0.4, -0.2) is 46.1 Å². The van der Waals surface area contributed by atoms with Crippen LogP contribution in [-0.2, 0) is 6.42 Å². The Morgan fingerprint density at radius 2 is 2.20 bits per heavy atom. The molecule has 132 valence electrons. The molecule has 1 unspecified atom stereocenters. The second-order valence-electron chi connectivity index (χ2n) is 6.20. The minimum atomic E-state index is -0.588. The van der Waals surface area contributed by atoms with Gasteiger partial charge in [0, 0.05) is 13.1 Å². The third-order valence-corrected chi connectivity index (χ3v) is 4.52. The topological polar surface area (TPSA) is 101 Å². The van der Waals surface area contributed by atoms with E-state index in [-0.39, 0.29) is 17.3 Å². The summed E-state index contributed by atoms with van der Waals surface area (Å²) in [6, 6.07) is 7.91. The van der Waals surface area contributed by atoms with Crippen molar-refractivity contribution in [3.05, 3.63) is 51.8 Å². The molecule has 2 heterocycles. The molecule has 2 aromatic rings.